The Hall–Kier alpha value is -3.15. The number of imidazole rings is 2. The molecule has 0 unspecified atom stereocenters. The van der Waals surface area contributed by atoms with E-state index >= 15 is 0 Å². The van der Waals surface area contributed by atoms with Crippen LogP contribution >= 0.6 is 0 Å². The molecule has 0 aliphatic heterocycles. The first kappa shape index (κ1) is 17.0. The maximum Gasteiger partial charge on any atom is 0.131 e. The van der Waals surface area contributed by atoms with E-state index in [0.717, 1.165) is 35.0 Å². The van der Waals surface area contributed by atoms with Gasteiger partial charge in [-0.3, -0.25) is 4.68 Å². The van der Waals surface area contributed by atoms with Crippen molar-refractivity contribution in [2.24, 2.45) is 13.0 Å². The zero-order chi connectivity index (χ0) is 19.1. The van der Waals surface area contributed by atoms with Gasteiger partial charge in [-0.15, -0.1) is 0 Å². The third-order valence-electron chi connectivity index (χ3n) is 5.54. The van der Waals surface area contributed by atoms with Crippen LogP contribution in [-0.4, -0.2) is 28.9 Å². The quantitative estimate of drug-likeness (QED) is 0.510. The Balaban J connectivity index is 1.71. The van der Waals surface area contributed by atoms with Gasteiger partial charge in [0.25, 0.3) is 0 Å². The Labute approximate surface area is 164 Å². The second-order valence-electron chi connectivity index (χ2n) is 7.45. The van der Waals surface area contributed by atoms with Crippen LogP contribution in [0.4, 0.5) is 0 Å². The second kappa shape index (κ2) is 6.78. The first-order valence-electron chi connectivity index (χ1n) is 9.89. The van der Waals surface area contributed by atoms with E-state index < -0.39 is 0 Å². The zero-order valence-corrected chi connectivity index (χ0v) is 16.2. The van der Waals surface area contributed by atoms with Crippen molar-refractivity contribution in [1.82, 2.24) is 28.9 Å². The van der Waals surface area contributed by atoms with Crippen molar-refractivity contribution in [3.05, 3.63) is 67.1 Å². The van der Waals surface area contributed by atoms with E-state index in [1.54, 1.807) is 0 Å². The lowest BCUT2D eigenvalue weighted by molar-refractivity contribution is 0.481. The molecular weight excluding hydrogens is 348 g/mol. The number of aryl methyl sites for hydroxylation is 2. The average Bonchev–Trinajstić information content (AvgIpc) is 3.10. The van der Waals surface area contributed by atoms with Gasteiger partial charge in [-0.25, -0.2) is 9.97 Å². The molecule has 1 aliphatic carbocycles. The number of hydrogen-bond acceptors (Lipinski definition) is 3. The SMILES string of the molecule is CCn1ccc(-c2c(-c3ccccc3)ncn2[C@@H](c2nccn2C)C2CC2)n1. The molecule has 1 saturated carbocycles. The van der Waals surface area contributed by atoms with Crippen LogP contribution in [0, 0.1) is 5.92 Å². The van der Waals surface area contributed by atoms with E-state index in [9.17, 15) is 0 Å². The maximum atomic E-state index is 4.85. The lowest BCUT2D eigenvalue weighted by Gasteiger charge is -2.20. The van der Waals surface area contributed by atoms with Crippen molar-refractivity contribution in [1.29, 1.82) is 0 Å². The van der Waals surface area contributed by atoms with Crippen molar-refractivity contribution in [2.75, 3.05) is 0 Å². The largest absolute Gasteiger partial charge is 0.336 e. The highest BCUT2D eigenvalue weighted by molar-refractivity contribution is 5.76. The predicted molar refractivity (Wildman–Crippen MR) is 109 cm³/mol. The van der Waals surface area contributed by atoms with Crippen LogP contribution in [0.1, 0.15) is 31.6 Å². The third kappa shape index (κ3) is 2.85. The van der Waals surface area contributed by atoms with Crippen LogP contribution in [0.3, 0.4) is 0 Å². The van der Waals surface area contributed by atoms with Gasteiger partial charge in [0.05, 0.1) is 23.8 Å². The maximum absolute atomic E-state index is 4.85. The molecule has 4 aromatic rings. The van der Waals surface area contributed by atoms with Gasteiger partial charge in [-0.05, 0) is 31.7 Å². The molecule has 6 nitrogen and oxygen atoms in total. The Morgan fingerprint density at radius 2 is 1.89 bits per heavy atom. The van der Waals surface area contributed by atoms with Gasteiger partial charge in [0.1, 0.15) is 11.5 Å². The van der Waals surface area contributed by atoms with Gasteiger partial charge < -0.3 is 9.13 Å². The molecule has 1 aliphatic rings. The van der Waals surface area contributed by atoms with Gasteiger partial charge in [-0.1, -0.05) is 30.3 Å². The molecule has 0 amide bonds. The van der Waals surface area contributed by atoms with Crippen molar-refractivity contribution in [2.45, 2.75) is 32.4 Å². The second-order valence-corrected chi connectivity index (χ2v) is 7.45. The summed E-state index contributed by atoms with van der Waals surface area (Å²) in [5, 5.41) is 4.81. The fourth-order valence-electron chi connectivity index (χ4n) is 3.93. The minimum Gasteiger partial charge on any atom is -0.336 e. The molecule has 142 valence electrons. The Bertz CT molecular complexity index is 1080. The van der Waals surface area contributed by atoms with Crippen LogP contribution in [0.15, 0.2) is 61.3 Å². The monoisotopic (exact) mass is 372 g/mol. The van der Waals surface area contributed by atoms with E-state index in [4.69, 9.17) is 10.1 Å². The molecule has 3 heterocycles. The van der Waals surface area contributed by atoms with Gasteiger partial charge in [0, 0.05) is 37.7 Å². The number of benzene rings is 1. The molecule has 0 spiro atoms. The first-order valence-corrected chi connectivity index (χ1v) is 9.89. The summed E-state index contributed by atoms with van der Waals surface area (Å²) in [6, 6.07) is 12.6. The highest BCUT2D eigenvalue weighted by Crippen LogP contribution is 2.45. The van der Waals surface area contributed by atoms with Crippen LogP contribution < -0.4 is 0 Å². The summed E-state index contributed by atoms with van der Waals surface area (Å²) in [7, 11) is 2.07. The van der Waals surface area contributed by atoms with Gasteiger partial charge in [-0.2, -0.15) is 5.10 Å². The fraction of sp³-hybridized carbons (Fsp3) is 0.318. The van der Waals surface area contributed by atoms with Crippen LogP contribution in [0.2, 0.25) is 0 Å². The summed E-state index contributed by atoms with van der Waals surface area (Å²) in [4.78, 5) is 9.53. The lowest BCUT2D eigenvalue weighted by Crippen LogP contribution is -2.17. The lowest BCUT2D eigenvalue weighted by atomic mass is 10.1. The number of hydrogen-bond donors (Lipinski definition) is 0. The Morgan fingerprint density at radius 1 is 1.07 bits per heavy atom. The Kier molecular flexibility index (Phi) is 4.11. The minimum atomic E-state index is 0.173. The van der Waals surface area contributed by atoms with Crippen molar-refractivity contribution in [3.8, 4) is 22.6 Å². The summed E-state index contributed by atoms with van der Waals surface area (Å²) in [6.45, 7) is 2.95. The average molecular weight is 372 g/mol. The van der Waals surface area contributed by atoms with Gasteiger partial charge >= 0.3 is 0 Å². The summed E-state index contributed by atoms with van der Waals surface area (Å²) in [6.07, 6.45) is 10.4. The predicted octanol–water partition coefficient (Wildman–Crippen LogP) is 4.17. The zero-order valence-electron chi connectivity index (χ0n) is 16.2. The molecule has 28 heavy (non-hydrogen) atoms. The third-order valence-corrected chi connectivity index (χ3v) is 5.54. The van der Waals surface area contributed by atoms with Crippen LogP contribution in [0.5, 0.6) is 0 Å². The summed E-state index contributed by atoms with van der Waals surface area (Å²) in [5.74, 6) is 1.67. The molecule has 1 atom stereocenters. The highest BCUT2D eigenvalue weighted by Gasteiger charge is 2.38. The van der Waals surface area contributed by atoms with Crippen LogP contribution in [-0.2, 0) is 13.6 Å². The molecule has 0 bridgehead atoms. The molecule has 1 fully saturated rings. The normalized spacial score (nSPS) is 15.1. The first-order chi connectivity index (χ1) is 13.8. The summed E-state index contributed by atoms with van der Waals surface area (Å²) in [5.41, 5.74) is 4.11. The van der Waals surface area contributed by atoms with E-state index in [1.807, 2.05) is 35.7 Å². The topological polar surface area (TPSA) is 53.5 Å². The molecule has 6 heteroatoms. The number of rotatable bonds is 6. The van der Waals surface area contributed by atoms with E-state index in [2.05, 4.69) is 58.4 Å². The number of nitrogens with zero attached hydrogens (tertiary/aromatic N) is 6. The molecular formula is C22H24N6. The number of aromatic nitrogens is 6. The van der Waals surface area contributed by atoms with E-state index in [-0.39, 0.29) is 6.04 Å². The highest BCUT2D eigenvalue weighted by atomic mass is 15.3. The van der Waals surface area contributed by atoms with Gasteiger partial charge in [0.15, 0.2) is 0 Å². The van der Waals surface area contributed by atoms with Gasteiger partial charge in [0.2, 0.25) is 0 Å². The summed E-state index contributed by atoms with van der Waals surface area (Å²) < 4.78 is 6.39. The summed E-state index contributed by atoms with van der Waals surface area (Å²) >= 11 is 0. The van der Waals surface area contributed by atoms with E-state index in [0.29, 0.717) is 5.92 Å². The Morgan fingerprint density at radius 3 is 2.54 bits per heavy atom. The minimum absolute atomic E-state index is 0.173. The molecule has 0 N–H and O–H groups in total. The van der Waals surface area contributed by atoms with Crippen LogP contribution in [0.25, 0.3) is 22.6 Å². The molecule has 0 saturated heterocycles. The standard InChI is InChI=1S/C22H24N6/c1-3-27-13-11-18(25-27)21-19(16-7-5-4-6-8-16)24-15-28(21)20(17-9-10-17)22-23-12-14-26(22)2/h4-8,11-15,17,20H,3,9-10H2,1-2H3/t20-/m1/s1. The van der Waals surface area contributed by atoms with Crippen molar-refractivity contribution < 1.29 is 0 Å². The molecule has 1 aromatic carbocycles. The van der Waals surface area contributed by atoms with Crippen molar-refractivity contribution >= 4 is 0 Å². The van der Waals surface area contributed by atoms with Crippen molar-refractivity contribution in [3.63, 3.8) is 0 Å². The van der Waals surface area contributed by atoms with E-state index in [1.165, 1.54) is 12.8 Å². The molecule has 0 radical (unpaired) electrons. The fourth-order valence-corrected chi connectivity index (χ4v) is 3.93. The molecule has 3 aromatic heterocycles. The smallest absolute Gasteiger partial charge is 0.131 e. The molecule has 5 rings (SSSR count).